The summed E-state index contributed by atoms with van der Waals surface area (Å²) in [6.07, 6.45) is 0.227. The minimum absolute atomic E-state index is 0.103. The third-order valence-corrected chi connectivity index (χ3v) is 5.11. The van der Waals surface area contributed by atoms with Crippen LogP contribution in [-0.4, -0.2) is 42.2 Å². The topological polar surface area (TPSA) is 68.3 Å². The highest BCUT2D eigenvalue weighted by Gasteiger charge is 2.24. The Bertz CT molecular complexity index is 1220. The normalized spacial score (nSPS) is 11.4. The largest absolute Gasteiger partial charge is 0.337 e. The molecular weight excluding hydrogens is 390 g/mol. The fourth-order valence-corrected chi connectivity index (χ4v) is 3.28. The second-order valence-corrected chi connectivity index (χ2v) is 7.07. The van der Waals surface area contributed by atoms with Crippen LogP contribution in [0.4, 0.5) is 8.78 Å². The maximum atomic E-state index is 13.7. The second kappa shape index (κ2) is 7.66. The van der Waals surface area contributed by atoms with Crippen LogP contribution in [0.25, 0.3) is 16.9 Å². The summed E-state index contributed by atoms with van der Waals surface area (Å²) in [6.45, 7) is 2.24. The van der Waals surface area contributed by atoms with E-state index in [1.165, 1.54) is 17.2 Å². The quantitative estimate of drug-likeness (QED) is 0.504. The molecule has 3 aromatic heterocycles. The molecule has 0 N–H and O–H groups in total. The first-order valence-electron chi connectivity index (χ1n) is 9.32. The van der Waals surface area contributed by atoms with Gasteiger partial charge >= 0.3 is 0 Å². The van der Waals surface area contributed by atoms with Crippen LogP contribution in [-0.2, 0) is 13.6 Å². The zero-order valence-electron chi connectivity index (χ0n) is 16.8. The number of hydrogen-bond donors (Lipinski definition) is 0. The summed E-state index contributed by atoms with van der Waals surface area (Å²) in [5.74, 6) is -0.355. The highest BCUT2D eigenvalue weighted by molar-refractivity contribution is 5.99. The summed E-state index contributed by atoms with van der Waals surface area (Å²) in [6, 6.07) is 10.3. The molecule has 3 heterocycles. The molecule has 0 atom stereocenters. The Labute approximate surface area is 171 Å². The third-order valence-electron chi connectivity index (χ3n) is 5.11. The number of amides is 1. The van der Waals surface area contributed by atoms with Crippen LogP contribution in [0.15, 0.2) is 48.8 Å². The molecule has 0 bridgehead atoms. The smallest absolute Gasteiger partial charge is 0.280 e. The number of hydrogen-bond acceptors (Lipinski definition) is 4. The minimum Gasteiger partial charge on any atom is -0.337 e. The van der Waals surface area contributed by atoms with Crippen LogP contribution in [0.1, 0.15) is 33.7 Å². The van der Waals surface area contributed by atoms with E-state index in [-0.39, 0.29) is 22.8 Å². The zero-order chi connectivity index (χ0) is 21.4. The molecule has 7 nitrogen and oxygen atoms in total. The standard InChI is InChI=1S/C21H20F2N6O/c1-13-15(10-24-28(13)3)12-27(2)21(30)16-11-25-29-18(19(22)23)9-17(26-20(16)29)14-7-5-4-6-8-14/h4-11,19H,12H2,1-3H3. The van der Waals surface area contributed by atoms with Crippen molar-refractivity contribution in [1.29, 1.82) is 0 Å². The third kappa shape index (κ3) is 3.42. The lowest BCUT2D eigenvalue weighted by Crippen LogP contribution is -2.26. The van der Waals surface area contributed by atoms with Crippen LogP contribution in [0.3, 0.4) is 0 Å². The average Bonchev–Trinajstić information content (AvgIpc) is 3.31. The van der Waals surface area contributed by atoms with E-state index < -0.39 is 6.43 Å². The summed E-state index contributed by atoms with van der Waals surface area (Å²) in [4.78, 5) is 19.1. The number of benzene rings is 1. The zero-order valence-corrected chi connectivity index (χ0v) is 16.8. The van der Waals surface area contributed by atoms with Gasteiger partial charge in [-0.2, -0.15) is 10.2 Å². The number of aryl methyl sites for hydroxylation is 1. The summed E-state index contributed by atoms with van der Waals surface area (Å²) in [5, 5.41) is 8.20. The van der Waals surface area contributed by atoms with Gasteiger partial charge in [0.2, 0.25) is 0 Å². The van der Waals surface area contributed by atoms with Crippen molar-refractivity contribution < 1.29 is 13.6 Å². The molecule has 1 aromatic carbocycles. The second-order valence-electron chi connectivity index (χ2n) is 7.07. The summed E-state index contributed by atoms with van der Waals surface area (Å²) >= 11 is 0. The molecule has 0 aliphatic carbocycles. The van der Waals surface area contributed by atoms with Crippen molar-refractivity contribution in [3.63, 3.8) is 0 Å². The molecule has 1 amide bonds. The molecule has 0 saturated carbocycles. The van der Waals surface area contributed by atoms with E-state index in [1.54, 1.807) is 42.2 Å². The summed E-state index contributed by atoms with van der Waals surface area (Å²) < 4.78 is 30.2. The SMILES string of the molecule is Cc1c(CN(C)C(=O)c2cnn3c(C(F)F)cc(-c4ccccc4)nc23)cnn1C. The number of rotatable bonds is 5. The van der Waals surface area contributed by atoms with Crippen LogP contribution in [0, 0.1) is 6.92 Å². The van der Waals surface area contributed by atoms with E-state index in [9.17, 15) is 13.6 Å². The summed E-state index contributed by atoms with van der Waals surface area (Å²) in [7, 11) is 3.47. The Balaban J connectivity index is 1.76. The van der Waals surface area contributed by atoms with Gasteiger partial charge in [0, 0.05) is 37.5 Å². The lowest BCUT2D eigenvalue weighted by Gasteiger charge is -2.16. The highest BCUT2D eigenvalue weighted by Crippen LogP contribution is 2.27. The van der Waals surface area contributed by atoms with Gasteiger partial charge < -0.3 is 4.90 Å². The fraction of sp³-hybridized carbons (Fsp3) is 0.238. The van der Waals surface area contributed by atoms with E-state index in [2.05, 4.69) is 15.2 Å². The number of alkyl halides is 2. The molecule has 154 valence electrons. The fourth-order valence-electron chi connectivity index (χ4n) is 3.28. The Hall–Kier alpha value is -3.62. The lowest BCUT2D eigenvalue weighted by atomic mass is 10.1. The number of carbonyl (C=O) groups is 1. The van der Waals surface area contributed by atoms with E-state index in [1.807, 2.05) is 20.0 Å². The van der Waals surface area contributed by atoms with Crippen molar-refractivity contribution >= 4 is 11.6 Å². The molecule has 0 aliphatic rings. The number of fused-ring (bicyclic) bond motifs is 1. The monoisotopic (exact) mass is 410 g/mol. The molecule has 0 saturated heterocycles. The molecule has 30 heavy (non-hydrogen) atoms. The van der Waals surface area contributed by atoms with Crippen molar-refractivity contribution in [2.75, 3.05) is 7.05 Å². The first kappa shape index (κ1) is 19.7. The van der Waals surface area contributed by atoms with Crippen LogP contribution in [0.2, 0.25) is 0 Å². The molecule has 0 radical (unpaired) electrons. The van der Waals surface area contributed by atoms with Gasteiger partial charge in [-0.3, -0.25) is 9.48 Å². The number of aromatic nitrogens is 5. The predicted octanol–water partition coefficient (Wildman–Crippen LogP) is 3.65. The Morgan fingerprint density at radius 3 is 2.53 bits per heavy atom. The number of carbonyl (C=O) groups excluding carboxylic acids is 1. The van der Waals surface area contributed by atoms with Crippen LogP contribution < -0.4 is 0 Å². The van der Waals surface area contributed by atoms with E-state index in [0.717, 1.165) is 15.8 Å². The maximum absolute atomic E-state index is 13.7. The lowest BCUT2D eigenvalue weighted by molar-refractivity contribution is 0.0786. The Morgan fingerprint density at radius 1 is 1.17 bits per heavy atom. The van der Waals surface area contributed by atoms with Crippen LogP contribution >= 0.6 is 0 Å². The molecule has 4 rings (SSSR count). The van der Waals surface area contributed by atoms with Gasteiger partial charge in [-0.25, -0.2) is 18.3 Å². The van der Waals surface area contributed by atoms with Crippen molar-refractivity contribution in [2.24, 2.45) is 7.05 Å². The van der Waals surface area contributed by atoms with Crippen molar-refractivity contribution in [1.82, 2.24) is 29.3 Å². The molecule has 0 fully saturated rings. The molecule has 4 aromatic rings. The molecule has 0 unspecified atom stereocenters. The summed E-state index contributed by atoms with van der Waals surface area (Å²) in [5.41, 5.74) is 2.84. The van der Waals surface area contributed by atoms with Gasteiger partial charge in [0.05, 0.1) is 18.1 Å². The first-order valence-corrected chi connectivity index (χ1v) is 9.32. The number of halogens is 2. The Kier molecular flexibility index (Phi) is 5.03. The average molecular weight is 410 g/mol. The van der Waals surface area contributed by atoms with Crippen molar-refractivity contribution in [3.05, 3.63) is 71.3 Å². The molecule has 9 heteroatoms. The van der Waals surface area contributed by atoms with Gasteiger partial charge in [-0.05, 0) is 13.0 Å². The van der Waals surface area contributed by atoms with E-state index in [4.69, 9.17) is 0 Å². The van der Waals surface area contributed by atoms with Gasteiger partial charge in [0.15, 0.2) is 5.65 Å². The predicted molar refractivity (Wildman–Crippen MR) is 107 cm³/mol. The minimum atomic E-state index is -2.77. The molecule has 0 spiro atoms. The molecule has 0 aliphatic heterocycles. The van der Waals surface area contributed by atoms with E-state index in [0.29, 0.717) is 17.8 Å². The van der Waals surface area contributed by atoms with Crippen molar-refractivity contribution in [2.45, 2.75) is 19.9 Å². The van der Waals surface area contributed by atoms with E-state index >= 15 is 0 Å². The highest BCUT2D eigenvalue weighted by atomic mass is 19.3. The number of nitrogens with zero attached hydrogens (tertiary/aromatic N) is 6. The van der Waals surface area contributed by atoms with Crippen molar-refractivity contribution in [3.8, 4) is 11.3 Å². The van der Waals surface area contributed by atoms with Gasteiger partial charge in [-0.15, -0.1) is 0 Å². The van der Waals surface area contributed by atoms with Crippen LogP contribution in [0.5, 0.6) is 0 Å². The van der Waals surface area contributed by atoms with Gasteiger partial charge in [-0.1, -0.05) is 30.3 Å². The Morgan fingerprint density at radius 2 is 1.90 bits per heavy atom. The molecular formula is C21H20F2N6O. The first-order chi connectivity index (χ1) is 14.4. The van der Waals surface area contributed by atoms with Gasteiger partial charge in [0.1, 0.15) is 11.3 Å². The maximum Gasteiger partial charge on any atom is 0.280 e. The van der Waals surface area contributed by atoms with Gasteiger partial charge in [0.25, 0.3) is 12.3 Å².